The average Bonchev–Trinajstić information content (AvgIpc) is 2.38. The molecule has 94 valence electrons. The van der Waals surface area contributed by atoms with Crippen LogP contribution in [0.3, 0.4) is 0 Å². The van der Waals surface area contributed by atoms with E-state index in [1.54, 1.807) is 12.1 Å². The van der Waals surface area contributed by atoms with Gasteiger partial charge in [0.1, 0.15) is 0 Å². The summed E-state index contributed by atoms with van der Waals surface area (Å²) in [5.74, 6) is -1.01. The van der Waals surface area contributed by atoms with Crippen molar-refractivity contribution in [1.29, 1.82) is 5.26 Å². The third-order valence-electron chi connectivity index (χ3n) is 2.80. The summed E-state index contributed by atoms with van der Waals surface area (Å²) < 4.78 is 5.23. The zero-order valence-corrected chi connectivity index (χ0v) is 9.67. The van der Waals surface area contributed by atoms with Gasteiger partial charge in [0, 0.05) is 12.2 Å². The topological polar surface area (TPSA) is 99.6 Å². The average molecular weight is 247 g/mol. The van der Waals surface area contributed by atoms with E-state index >= 15 is 0 Å². The van der Waals surface area contributed by atoms with E-state index in [0.717, 1.165) is 0 Å². The predicted molar refractivity (Wildman–Crippen MR) is 65.4 cm³/mol. The lowest BCUT2D eigenvalue weighted by molar-refractivity contribution is 0.0688. The molecule has 1 aliphatic rings. The lowest BCUT2D eigenvalue weighted by atomic mass is 10.1. The van der Waals surface area contributed by atoms with Crippen molar-refractivity contribution >= 4 is 17.3 Å². The smallest absolute Gasteiger partial charge is 0.337 e. The number of nitrogen functional groups attached to an aromatic ring is 1. The van der Waals surface area contributed by atoms with Gasteiger partial charge in [-0.25, -0.2) is 4.79 Å². The van der Waals surface area contributed by atoms with Gasteiger partial charge in [0.2, 0.25) is 0 Å². The molecule has 0 amide bonds. The van der Waals surface area contributed by atoms with E-state index in [4.69, 9.17) is 20.8 Å². The third kappa shape index (κ3) is 2.36. The Morgan fingerprint density at radius 2 is 2.39 bits per heavy atom. The van der Waals surface area contributed by atoms with Crippen LogP contribution in [0.4, 0.5) is 11.4 Å². The molecule has 1 fully saturated rings. The van der Waals surface area contributed by atoms with Crippen LogP contribution >= 0.6 is 0 Å². The molecule has 1 aliphatic heterocycles. The molecular weight excluding hydrogens is 234 g/mol. The maximum Gasteiger partial charge on any atom is 0.337 e. The monoisotopic (exact) mass is 247 g/mol. The van der Waals surface area contributed by atoms with Gasteiger partial charge >= 0.3 is 5.97 Å². The van der Waals surface area contributed by atoms with E-state index in [-0.39, 0.29) is 5.56 Å². The van der Waals surface area contributed by atoms with Gasteiger partial charge in [0.25, 0.3) is 0 Å². The number of anilines is 2. The highest BCUT2D eigenvalue weighted by atomic mass is 16.5. The number of aromatic carboxylic acids is 1. The van der Waals surface area contributed by atoms with E-state index in [9.17, 15) is 4.79 Å². The van der Waals surface area contributed by atoms with Crippen molar-refractivity contribution in [2.45, 2.75) is 6.10 Å². The first kappa shape index (κ1) is 12.2. The molecule has 0 radical (unpaired) electrons. The van der Waals surface area contributed by atoms with Gasteiger partial charge in [-0.15, -0.1) is 0 Å². The van der Waals surface area contributed by atoms with Crippen LogP contribution in [-0.2, 0) is 4.74 Å². The largest absolute Gasteiger partial charge is 0.478 e. The molecule has 3 N–H and O–H groups in total. The maximum atomic E-state index is 11.2. The van der Waals surface area contributed by atoms with Crippen molar-refractivity contribution in [2.75, 3.05) is 30.3 Å². The van der Waals surface area contributed by atoms with Crippen LogP contribution in [0.15, 0.2) is 18.2 Å². The van der Waals surface area contributed by atoms with Crippen LogP contribution in [0.1, 0.15) is 10.4 Å². The second-order valence-corrected chi connectivity index (χ2v) is 4.02. The van der Waals surface area contributed by atoms with Crippen molar-refractivity contribution in [1.82, 2.24) is 0 Å². The van der Waals surface area contributed by atoms with Crippen molar-refractivity contribution in [3.05, 3.63) is 23.8 Å². The molecule has 6 heteroatoms. The fourth-order valence-corrected chi connectivity index (χ4v) is 1.94. The number of carbonyl (C=O) groups is 1. The Kier molecular flexibility index (Phi) is 3.35. The van der Waals surface area contributed by atoms with Crippen LogP contribution < -0.4 is 10.6 Å². The van der Waals surface area contributed by atoms with Gasteiger partial charge in [-0.2, -0.15) is 5.26 Å². The normalized spacial score (nSPS) is 19.3. The van der Waals surface area contributed by atoms with Gasteiger partial charge in [-0.1, -0.05) is 0 Å². The first-order valence-electron chi connectivity index (χ1n) is 5.51. The number of ether oxygens (including phenoxy) is 1. The van der Waals surface area contributed by atoms with Crippen LogP contribution in [-0.4, -0.2) is 36.9 Å². The van der Waals surface area contributed by atoms with Crippen LogP contribution in [0, 0.1) is 11.3 Å². The minimum atomic E-state index is -1.01. The molecule has 2 rings (SSSR count). The summed E-state index contributed by atoms with van der Waals surface area (Å²) in [4.78, 5) is 13.0. The Hall–Kier alpha value is -2.26. The van der Waals surface area contributed by atoms with Crippen molar-refractivity contribution in [3.63, 3.8) is 0 Å². The molecule has 0 spiro atoms. The quantitative estimate of drug-likeness (QED) is 0.746. The Labute approximate surface area is 104 Å². The highest BCUT2D eigenvalue weighted by molar-refractivity contribution is 5.95. The summed E-state index contributed by atoms with van der Waals surface area (Å²) in [6, 6.07) is 6.67. The van der Waals surface area contributed by atoms with E-state index < -0.39 is 12.1 Å². The number of hydrogen-bond acceptors (Lipinski definition) is 5. The minimum Gasteiger partial charge on any atom is -0.478 e. The predicted octanol–water partition coefficient (Wildman–Crippen LogP) is 0.696. The van der Waals surface area contributed by atoms with Gasteiger partial charge in [0.15, 0.2) is 6.10 Å². The summed E-state index contributed by atoms with van der Waals surface area (Å²) in [6.45, 7) is 1.29. The van der Waals surface area contributed by atoms with Gasteiger partial charge in [-0.3, -0.25) is 0 Å². The fraction of sp³-hybridized carbons (Fsp3) is 0.333. The summed E-state index contributed by atoms with van der Waals surface area (Å²) >= 11 is 0. The number of carboxylic acid groups (broad SMARTS) is 1. The minimum absolute atomic E-state index is 0.183. The molecule has 0 aliphatic carbocycles. The summed E-state index contributed by atoms with van der Waals surface area (Å²) in [6.07, 6.45) is -0.540. The Morgan fingerprint density at radius 1 is 1.61 bits per heavy atom. The standard InChI is InChI=1S/C12H13N3O3/c13-6-9-7-15(3-4-18-9)11-5-8(14)1-2-10(11)12(16)17/h1-2,5,9H,3-4,7,14H2,(H,16,17). The molecule has 0 aromatic heterocycles. The van der Waals surface area contributed by atoms with Gasteiger partial charge < -0.3 is 20.5 Å². The number of nitrogens with two attached hydrogens (primary N) is 1. The Morgan fingerprint density at radius 3 is 3.06 bits per heavy atom. The van der Waals surface area contributed by atoms with Crippen LogP contribution in [0.25, 0.3) is 0 Å². The number of nitriles is 1. The molecule has 18 heavy (non-hydrogen) atoms. The van der Waals surface area contributed by atoms with Crippen molar-refractivity contribution in [3.8, 4) is 6.07 Å². The van der Waals surface area contributed by atoms with E-state index in [2.05, 4.69) is 0 Å². The first-order valence-corrected chi connectivity index (χ1v) is 5.51. The summed E-state index contributed by atoms with van der Waals surface area (Å²) in [5, 5.41) is 18.0. The van der Waals surface area contributed by atoms with Gasteiger partial charge in [0.05, 0.1) is 30.5 Å². The molecule has 6 nitrogen and oxygen atoms in total. The Balaban J connectivity index is 2.34. The third-order valence-corrected chi connectivity index (χ3v) is 2.80. The Bertz CT molecular complexity index is 510. The van der Waals surface area contributed by atoms with Crippen LogP contribution in [0.5, 0.6) is 0 Å². The zero-order chi connectivity index (χ0) is 13.1. The molecule has 1 heterocycles. The van der Waals surface area contributed by atoms with E-state index in [1.807, 2.05) is 11.0 Å². The lowest BCUT2D eigenvalue weighted by Gasteiger charge is -2.32. The van der Waals surface area contributed by atoms with Gasteiger partial charge in [-0.05, 0) is 18.2 Å². The number of rotatable bonds is 2. The number of morpholine rings is 1. The second-order valence-electron chi connectivity index (χ2n) is 4.02. The summed E-state index contributed by atoms with van der Waals surface area (Å²) in [5.41, 5.74) is 6.90. The van der Waals surface area contributed by atoms with E-state index in [1.165, 1.54) is 6.07 Å². The molecule has 1 unspecified atom stereocenters. The van der Waals surface area contributed by atoms with Crippen molar-refractivity contribution < 1.29 is 14.6 Å². The number of nitrogens with zero attached hydrogens (tertiary/aromatic N) is 2. The molecule has 1 aromatic carbocycles. The van der Waals surface area contributed by atoms with Crippen LogP contribution in [0.2, 0.25) is 0 Å². The summed E-state index contributed by atoms with van der Waals surface area (Å²) in [7, 11) is 0. The molecule has 1 aromatic rings. The highest BCUT2D eigenvalue weighted by Crippen LogP contribution is 2.25. The molecule has 1 atom stereocenters. The van der Waals surface area contributed by atoms with Crippen molar-refractivity contribution in [2.24, 2.45) is 0 Å². The molecule has 1 saturated heterocycles. The highest BCUT2D eigenvalue weighted by Gasteiger charge is 2.23. The molecule has 0 saturated carbocycles. The maximum absolute atomic E-state index is 11.2. The molecule has 0 bridgehead atoms. The zero-order valence-electron chi connectivity index (χ0n) is 9.67. The number of benzene rings is 1. The second kappa shape index (κ2) is 4.94. The number of carboxylic acids is 1. The SMILES string of the molecule is N#CC1CN(c2cc(N)ccc2C(=O)O)CCO1. The number of hydrogen-bond donors (Lipinski definition) is 2. The first-order chi connectivity index (χ1) is 8.61. The molecular formula is C12H13N3O3. The lowest BCUT2D eigenvalue weighted by Crippen LogP contribution is -2.42. The van der Waals surface area contributed by atoms with E-state index in [0.29, 0.717) is 31.1 Å². The fourth-order valence-electron chi connectivity index (χ4n) is 1.94.